The highest BCUT2D eigenvalue weighted by Crippen LogP contribution is 2.23. The number of rotatable bonds is 2. The fourth-order valence-electron chi connectivity index (χ4n) is 3.64. The lowest BCUT2D eigenvalue weighted by atomic mass is 10.0. The van der Waals surface area contributed by atoms with E-state index >= 15 is 0 Å². The monoisotopic (exact) mass is 364 g/mol. The summed E-state index contributed by atoms with van der Waals surface area (Å²) < 4.78 is 17.4. The quantitative estimate of drug-likeness (QED) is 0.588. The zero-order valence-electron chi connectivity index (χ0n) is 14.7. The van der Waals surface area contributed by atoms with Crippen molar-refractivity contribution >= 4 is 11.3 Å². The van der Waals surface area contributed by atoms with Crippen LogP contribution < -0.4 is 11.0 Å². The van der Waals surface area contributed by atoms with Crippen molar-refractivity contribution in [2.75, 3.05) is 13.1 Å². The molecule has 1 N–H and O–H groups in total. The Morgan fingerprint density at radius 1 is 1.19 bits per heavy atom. The van der Waals surface area contributed by atoms with Crippen LogP contribution in [-0.4, -0.2) is 36.8 Å². The van der Waals surface area contributed by atoms with Crippen molar-refractivity contribution in [1.29, 1.82) is 0 Å². The van der Waals surface area contributed by atoms with Crippen molar-refractivity contribution in [3.63, 3.8) is 0 Å². The van der Waals surface area contributed by atoms with E-state index in [4.69, 9.17) is 0 Å². The normalized spacial score (nSPS) is 17.2. The number of halogens is 1. The molecule has 4 aromatic heterocycles. The van der Waals surface area contributed by atoms with Crippen molar-refractivity contribution in [3.05, 3.63) is 64.3 Å². The van der Waals surface area contributed by atoms with Crippen molar-refractivity contribution < 1.29 is 4.39 Å². The summed E-state index contributed by atoms with van der Waals surface area (Å²) in [7, 11) is 0. The van der Waals surface area contributed by atoms with Crippen LogP contribution in [0.3, 0.4) is 0 Å². The van der Waals surface area contributed by atoms with Gasteiger partial charge in [0.1, 0.15) is 5.65 Å². The molecule has 4 aromatic rings. The summed E-state index contributed by atoms with van der Waals surface area (Å²) in [6.45, 7) is 3.68. The lowest BCUT2D eigenvalue weighted by Gasteiger charge is -2.10. The van der Waals surface area contributed by atoms with Crippen LogP contribution >= 0.6 is 0 Å². The molecule has 8 heteroatoms. The average molecular weight is 364 g/mol. The van der Waals surface area contributed by atoms with Gasteiger partial charge in [-0.3, -0.25) is 4.40 Å². The SMILES string of the molecule is Cc1cn2cc(-c3nc(=O)n4cc(C5CCNC5)ccc4n3)cc(F)c2n1. The summed E-state index contributed by atoms with van der Waals surface area (Å²) in [6.07, 6.45) is 6.25. The number of nitrogens with one attached hydrogen (secondary N) is 1. The second-order valence-corrected chi connectivity index (χ2v) is 6.90. The molecule has 27 heavy (non-hydrogen) atoms. The molecule has 0 spiro atoms. The molecule has 1 saturated heterocycles. The van der Waals surface area contributed by atoms with E-state index in [-0.39, 0.29) is 11.5 Å². The summed E-state index contributed by atoms with van der Waals surface area (Å²) in [5, 5.41) is 3.32. The number of hydrogen-bond donors (Lipinski definition) is 1. The van der Waals surface area contributed by atoms with Gasteiger partial charge < -0.3 is 9.72 Å². The summed E-state index contributed by atoms with van der Waals surface area (Å²) >= 11 is 0. The van der Waals surface area contributed by atoms with Gasteiger partial charge in [-0.1, -0.05) is 6.07 Å². The summed E-state index contributed by atoms with van der Waals surface area (Å²) in [4.78, 5) is 25.3. The second-order valence-electron chi connectivity index (χ2n) is 6.90. The molecule has 1 aliphatic heterocycles. The van der Waals surface area contributed by atoms with Crippen LogP contribution in [0.1, 0.15) is 23.6 Å². The molecule has 5 heterocycles. The van der Waals surface area contributed by atoms with Crippen molar-refractivity contribution in [2.45, 2.75) is 19.3 Å². The van der Waals surface area contributed by atoms with Crippen LogP contribution in [-0.2, 0) is 0 Å². The Labute approximate surface area is 153 Å². The minimum absolute atomic E-state index is 0.197. The molecule has 1 aliphatic rings. The molecule has 1 fully saturated rings. The maximum atomic E-state index is 14.4. The number of aryl methyl sites for hydroxylation is 1. The van der Waals surface area contributed by atoms with Gasteiger partial charge in [0.15, 0.2) is 17.3 Å². The highest BCUT2D eigenvalue weighted by molar-refractivity contribution is 5.60. The first-order chi connectivity index (χ1) is 13.1. The Bertz CT molecular complexity index is 1240. The third kappa shape index (κ3) is 2.69. The van der Waals surface area contributed by atoms with E-state index in [1.54, 1.807) is 23.7 Å². The van der Waals surface area contributed by atoms with Crippen LogP contribution in [0.25, 0.3) is 22.7 Å². The van der Waals surface area contributed by atoms with Gasteiger partial charge in [-0.05, 0) is 43.5 Å². The molecule has 7 nitrogen and oxygen atoms in total. The van der Waals surface area contributed by atoms with Crippen LogP contribution in [0, 0.1) is 12.7 Å². The van der Waals surface area contributed by atoms with Gasteiger partial charge in [0.25, 0.3) is 0 Å². The number of aromatic nitrogens is 5. The van der Waals surface area contributed by atoms with E-state index in [0.717, 1.165) is 25.1 Å². The lowest BCUT2D eigenvalue weighted by Crippen LogP contribution is -2.20. The Morgan fingerprint density at radius 3 is 2.89 bits per heavy atom. The second kappa shape index (κ2) is 5.95. The van der Waals surface area contributed by atoms with Gasteiger partial charge in [0.2, 0.25) is 0 Å². The molecule has 1 atom stereocenters. The largest absolute Gasteiger partial charge is 0.355 e. The topological polar surface area (TPSA) is 76.6 Å². The lowest BCUT2D eigenvalue weighted by molar-refractivity contribution is 0.630. The first-order valence-corrected chi connectivity index (χ1v) is 8.85. The van der Waals surface area contributed by atoms with Gasteiger partial charge in [0.05, 0.1) is 5.69 Å². The maximum Gasteiger partial charge on any atom is 0.355 e. The fourth-order valence-corrected chi connectivity index (χ4v) is 3.64. The number of nitrogens with zero attached hydrogens (tertiary/aromatic N) is 5. The summed E-state index contributed by atoms with van der Waals surface area (Å²) in [6, 6.07) is 5.12. The summed E-state index contributed by atoms with van der Waals surface area (Å²) in [5.74, 6) is 0.109. The maximum absolute atomic E-state index is 14.4. The highest BCUT2D eigenvalue weighted by Gasteiger charge is 2.18. The third-order valence-corrected chi connectivity index (χ3v) is 4.99. The van der Waals surface area contributed by atoms with Crippen molar-refractivity contribution in [3.8, 4) is 11.4 Å². The van der Waals surface area contributed by atoms with E-state index in [9.17, 15) is 9.18 Å². The van der Waals surface area contributed by atoms with Crippen molar-refractivity contribution in [2.24, 2.45) is 0 Å². The molecule has 0 aliphatic carbocycles. The molecular weight excluding hydrogens is 347 g/mol. The van der Waals surface area contributed by atoms with Gasteiger partial charge in [-0.15, -0.1) is 0 Å². The number of fused-ring (bicyclic) bond motifs is 2. The van der Waals surface area contributed by atoms with Crippen LogP contribution in [0.2, 0.25) is 0 Å². The minimum atomic E-state index is -0.478. The predicted octanol–water partition coefficient (Wildman–Crippen LogP) is 1.93. The number of pyridine rings is 2. The van der Waals surface area contributed by atoms with Gasteiger partial charge in [0, 0.05) is 30.7 Å². The van der Waals surface area contributed by atoms with E-state index in [1.807, 2.05) is 18.3 Å². The first-order valence-electron chi connectivity index (χ1n) is 8.85. The molecule has 136 valence electrons. The van der Waals surface area contributed by atoms with E-state index in [0.29, 0.717) is 22.8 Å². The molecular formula is C19H17FN6O. The Kier molecular flexibility index (Phi) is 3.54. The molecule has 1 unspecified atom stereocenters. The first kappa shape index (κ1) is 16.1. The Hall–Kier alpha value is -3.13. The van der Waals surface area contributed by atoms with Crippen LogP contribution in [0.4, 0.5) is 4.39 Å². The molecule has 0 radical (unpaired) electrons. The Balaban J connectivity index is 1.64. The standard InChI is InChI=1S/C19H17FN6O/c1-11-8-25-9-14(6-15(20)18(25)22-11)17-23-16-3-2-13(12-4-5-21-7-12)10-26(16)19(27)24-17/h2-3,6,8-10,12,21H,4-5,7H2,1H3. The van der Waals surface area contributed by atoms with E-state index < -0.39 is 11.5 Å². The van der Waals surface area contributed by atoms with Crippen molar-refractivity contribution in [1.82, 2.24) is 29.1 Å². The van der Waals surface area contributed by atoms with Gasteiger partial charge >= 0.3 is 5.69 Å². The zero-order chi connectivity index (χ0) is 18.5. The zero-order valence-corrected chi connectivity index (χ0v) is 14.7. The Morgan fingerprint density at radius 2 is 2.07 bits per heavy atom. The minimum Gasteiger partial charge on any atom is -0.316 e. The molecule has 5 rings (SSSR count). The van der Waals surface area contributed by atoms with Gasteiger partial charge in [-0.2, -0.15) is 4.98 Å². The molecule has 0 aromatic carbocycles. The smallest absolute Gasteiger partial charge is 0.316 e. The average Bonchev–Trinajstić information content (AvgIpc) is 3.30. The predicted molar refractivity (Wildman–Crippen MR) is 98.4 cm³/mol. The van der Waals surface area contributed by atoms with Crippen LogP contribution in [0.5, 0.6) is 0 Å². The number of imidazole rings is 1. The summed E-state index contributed by atoms with van der Waals surface area (Å²) in [5.41, 5.74) is 2.53. The van der Waals surface area contributed by atoms with Gasteiger partial charge in [-0.25, -0.2) is 19.2 Å². The highest BCUT2D eigenvalue weighted by atomic mass is 19.1. The molecule has 0 saturated carbocycles. The molecule has 0 bridgehead atoms. The fraction of sp³-hybridized carbons (Fsp3) is 0.263. The van der Waals surface area contributed by atoms with E-state index in [2.05, 4.69) is 20.3 Å². The molecule has 0 amide bonds. The number of hydrogen-bond acceptors (Lipinski definition) is 5. The van der Waals surface area contributed by atoms with E-state index in [1.165, 1.54) is 10.5 Å². The third-order valence-electron chi connectivity index (χ3n) is 4.99. The van der Waals surface area contributed by atoms with Crippen LogP contribution in [0.15, 0.2) is 41.6 Å².